The third-order valence-corrected chi connectivity index (χ3v) is 7.48. The fraction of sp³-hybridized carbons (Fsp3) is 0.312. The van der Waals surface area contributed by atoms with Crippen molar-refractivity contribution in [2.45, 2.75) is 45.0 Å². The molecule has 0 unspecified atom stereocenters. The highest BCUT2D eigenvalue weighted by Crippen LogP contribution is 2.42. The molecule has 1 fully saturated rings. The van der Waals surface area contributed by atoms with Gasteiger partial charge in [-0.25, -0.2) is 0 Å². The largest absolute Gasteiger partial charge is 0.416 e. The molecular formula is C32H29F6N. The molecule has 0 bridgehead atoms. The van der Waals surface area contributed by atoms with E-state index in [9.17, 15) is 26.3 Å². The number of rotatable bonds is 5. The minimum absolute atomic E-state index is 0.0134. The Morgan fingerprint density at radius 2 is 1.54 bits per heavy atom. The SMILES string of the molecule is Cc1cc(C(F)(F)F)ccc1C1=C(c2ccc(C=C3CN(CCC(F)(F)F)C3)cc2)c2ccccc2CCC1. The summed E-state index contributed by atoms with van der Waals surface area (Å²) in [7, 11) is 0. The van der Waals surface area contributed by atoms with E-state index in [1.807, 2.05) is 42.5 Å². The summed E-state index contributed by atoms with van der Waals surface area (Å²) in [6.07, 6.45) is -4.79. The van der Waals surface area contributed by atoms with Crippen LogP contribution in [-0.4, -0.2) is 30.7 Å². The van der Waals surface area contributed by atoms with Crippen LogP contribution in [0, 0.1) is 6.92 Å². The molecule has 204 valence electrons. The number of hydrogen-bond donors (Lipinski definition) is 0. The summed E-state index contributed by atoms with van der Waals surface area (Å²) in [5.74, 6) is 0. The van der Waals surface area contributed by atoms with Gasteiger partial charge in [-0.15, -0.1) is 0 Å². The third kappa shape index (κ3) is 6.30. The summed E-state index contributed by atoms with van der Waals surface area (Å²) in [5, 5.41) is 0. The second-order valence-corrected chi connectivity index (χ2v) is 10.4. The van der Waals surface area contributed by atoms with Crippen LogP contribution in [0.3, 0.4) is 0 Å². The molecule has 0 atom stereocenters. The first-order valence-corrected chi connectivity index (χ1v) is 13.1. The molecule has 1 aliphatic heterocycles. The molecule has 2 aliphatic rings. The Labute approximate surface area is 224 Å². The van der Waals surface area contributed by atoms with Crippen LogP contribution >= 0.6 is 0 Å². The lowest BCUT2D eigenvalue weighted by atomic mass is 9.86. The zero-order valence-corrected chi connectivity index (χ0v) is 21.6. The van der Waals surface area contributed by atoms with Crippen molar-refractivity contribution in [3.05, 3.63) is 111 Å². The van der Waals surface area contributed by atoms with Gasteiger partial charge in [-0.1, -0.05) is 60.7 Å². The lowest BCUT2D eigenvalue weighted by molar-refractivity contribution is -0.139. The third-order valence-electron chi connectivity index (χ3n) is 7.48. The van der Waals surface area contributed by atoms with Gasteiger partial charge in [-0.05, 0) is 88.4 Å². The number of benzene rings is 3. The average molecular weight is 542 g/mol. The van der Waals surface area contributed by atoms with E-state index in [2.05, 4.69) is 12.1 Å². The predicted octanol–water partition coefficient (Wildman–Crippen LogP) is 8.96. The topological polar surface area (TPSA) is 3.24 Å². The van der Waals surface area contributed by atoms with Crippen LogP contribution in [0.25, 0.3) is 17.2 Å². The van der Waals surface area contributed by atoms with Gasteiger partial charge in [0.05, 0.1) is 12.0 Å². The maximum Gasteiger partial charge on any atom is 0.416 e. The normalized spacial score (nSPS) is 16.5. The van der Waals surface area contributed by atoms with Crippen molar-refractivity contribution in [3.63, 3.8) is 0 Å². The maximum atomic E-state index is 13.3. The van der Waals surface area contributed by atoms with Crippen LogP contribution in [0.2, 0.25) is 0 Å². The van der Waals surface area contributed by atoms with Crippen molar-refractivity contribution >= 4 is 17.2 Å². The van der Waals surface area contributed by atoms with Crippen molar-refractivity contribution in [1.29, 1.82) is 0 Å². The molecule has 1 heterocycles. The molecule has 0 saturated carbocycles. The summed E-state index contributed by atoms with van der Waals surface area (Å²) in [5.41, 5.74) is 8.20. The number of allylic oxidation sites excluding steroid dienone is 1. The summed E-state index contributed by atoms with van der Waals surface area (Å²) < 4.78 is 77.4. The van der Waals surface area contributed by atoms with Crippen molar-refractivity contribution in [2.75, 3.05) is 19.6 Å². The van der Waals surface area contributed by atoms with Gasteiger partial charge in [-0.2, -0.15) is 26.3 Å². The van der Waals surface area contributed by atoms with E-state index in [0.717, 1.165) is 64.3 Å². The molecule has 1 nitrogen and oxygen atoms in total. The lowest BCUT2D eigenvalue weighted by Gasteiger charge is -2.34. The van der Waals surface area contributed by atoms with Gasteiger partial charge in [0.15, 0.2) is 0 Å². The zero-order chi connectivity index (χ0) is 27.8. The molecule has 39 heavy (non-hydrogen) atoms. The smallest absolute Gasteiger partial charge is 0.295 e. The molecular weight excluding hydrogens is 512 g/mol. The summed E-state index contributed by atoms with van der Waals surface area (Å²) >= 11 is 0. The van der Waals surface area contributed by atoms with Gasteiger partial charge in [0.25, 0.3) is 0 Å². The Balaban J connectivity index is 1.47. The number of nitrogens with zero attached hydrogens (tertiary/aromatic N) is 1. The van der Waals surface area contributed by atoms with E-state index in [1.165, 1.54) is 11.6 Å². The molecule has 0 amide bonds. The lowest BCUT2D eigenvalue weighted by Crippen LogP contribution is -2.41. The quantitative estimate of drug-likeness (QED) is 0.292. The van der Waals surface area contributed by atoms with Crippen LogP contribution in [-0.2, 0) is 12.6 Å². The van der Waals surface area contributed by atoms with Crippen molar-refractivity contribution in [1.82, 2.24) is 4.90 Å². The Hall–Kier alpha value is -3.32. The van der Waals surface area contributed by atoms with Crippen LogP contribution in [0.1, 0.15) is 58.2 Å². The van der Waals surface area contributed by atoms with Crippen molar-refractivity contribution in [3.8, 4) is 0 Å². The Morgan fingerprint density at radius 1 is 0.821 bits per heavy atom. The number of alkyl halides is 6. The molecule has 0 spiro atoms. The fourth-order valence-electron chi connectivity index (χ4n) is 5.55. The highest BCUT2D eigenvalue weighted by Gasteiger charge is 2.32. The number of fused-ring (bicyclic) bond motifs is 1. The molecule has 5 rings (SSSR count). The van der Waals surface area contributed by atoms with Crippen LogP contribution < -0.4 is 0 Å². The van der Waals surface area contributed by atoms with E-state index in [1.54, 1.807) is 17.9 Å². The Bertz CT molecular complexity index is 1400. The fourth-order valence-corrected chi connectivity index (χ4v) is 5.55. The summed E-state index contributed by atoms with van der Waals surface area (Å²) in [4.78, 5) is 1.78. The second kappa shape index (κ2) is 10.7. The van der Waals surface area contributed by atoms with Gasteiger partial charge >= 0.3 is 12.4 Å². The number of halogens is 6. The molecule has 0 aromatic heterocycles. The summed E-state index contributed by atoms with van der Waals surface area (Å²) in [6.45, 7) is 2.82. The summed E-state index contributed by atoms with van der Waals surface area (Å²) in [6, 6.07) is 20.2. The van der Waals surface area contributed by atoms with Crippen LogP contribution in [0.5, 0.6) is 0 Å². The minimum atomic E-state index is -4.39. The Kier molecular flexibility index (Phi) is 7.47. The molecule has 0 radical (unpaired) electrons. The number of hydrogen-bond acceptors (Lipinski definition) is 1. The number of aryl methyl sites for hydroxylation is 2. The molecule has 7 heteroatoms. The van der Waals surface area contributed by atoms with Gasteiger partial charge in [0, 0.05) is 19.6 Å². The van der Waals surface area contributed by atoms with E-state index >= 15 is 0 Å². The van der Waals surface area contributed by atoms with Crippen molar-refractivity contribution in [2.24, 2.45) is 0 Å². The van der Waals surface area contributed by atoms with Crippen LogP contribution in [0.4, 0.5) is 26.3 Å². The average Bonchev–Trinajstić information content (AvgIpc) is 3.04. The van der Waals surface area contributed by atoms with Crippen LogP contribution in [0.15, 0.2) is 72.3 Å². The minimum Gasteiger partial charge on any atom is -0.295 e. The van der Waals surface area contributed by atoms with Gasteiger partial charge in [-0.3, -0.25) is 4.90 Å². The van der Waals surface area contributed by atoms with Gasteiger partial charge in [0.1, 0.15) is 0 Å². The molecule has 3 aromatic rings. The first kappa shape index (κ1) is 27.3. The van der Waals surface area contributed by atoms with E-state index in [0.29, 0.717) is 18.7 Å². The van der Waals surface area contributed by atoms with Gasteiger partial charge < -0.3 is 0 Å². The Morgan fingerprint density at radius 3 is 2.21 bits per heavy atom. The molecule has 3 aromatic carbocycles. The highest BCUT2D eigenvalue weighted by molar-refractivity contribution is 6.00. The first-order chi connectivity index (χ1) is 18.5. The number of likely N-dealkylation sites (tertiary alicyclic amines) is 1. The van der Waals surface area contributed by atoms with Gasteiger partial charge in [0.2, 0.25) is 0 Å². The molecule has 1 saturated heterocycles. The van der Waals surface area contributed by atoms with E-state index < -0.39 is 24.3 Å². The monoisotopic (exact) mass is 541 g/mol. The molecule has 0 N–H and O–H groups in total. The highest BCUT2D eigenvalue weighted by atomic mass is 19.4. The van der Waals surface area contributed by atoms with E-state index in [4.69, 9.17) is 0 Å². The first-order valence-electron chi connectivity index (χ1n) is 13.1. The standard InChI is InChI=1S/C32H29F6N/c1-21-17-26(32(36,37)38)13-14-27(21)29-8-4-6-24-5-2-3-7-28(24)30(29)25-11-9-22(10-12-25)18-23-19-39(20-23)16-15-31(33,34)35/h2-3,5,7,9-14,17-18H,4,6,8,15-16,19-20H2,1H3. The maximum absolute atomic E-state index is 13.3. The predicted molar refractivity (Wildman–Crippen MR) is 143 cm³/mol. The van der Waals surface area contributed by atoms with Crippen molar-refractivity contribution < 1.29 is 26.3 Å². The van der Waals surface area contributed by atoms with E-state index in [-0.39, 0.29) is 6.54 Å². The molecule has 1 aliphatic carbocycles. The zero-order valence-electron chi connectivity index (χ0n) is 21.6. The second-order valence-electron chi connectivity index (χ2n) is 10.4.